The van der Waals surface area contributed by atoms with Gasteiger partial charge in [0.05, 0.1) is 18.5 Å². The number of hydrogen-bond acceptors (Lipinski definition) is 10. The molecule has 19 nitrogen and oxygen atoms in total. The predicted molar refractivity (Wildman–Crippen MR) is 193 cm³/mol. The number of fused-ring (bicyclic) bond motifs is 1. The lowest BCUT2D eigenvalue weighted by molar-refractivity contribution is -0.156. The number of aromatic amines is 1. The molecule has 2 rings (SSSR count). The normalized spacial score (nSPS) is 14.6. The molecule has 2 aromatic rings. The average molecular weight is 764 g/mol. The molecule has 1 aromatic heterocycles. The third-order valence-corrected chi connectivity index (χ3v) is 8.35. The van der Waals surface area contributed by atoms with Crippen LogP contribution in [0.2, 0.25) is 0 Å². The van der Waals surface area contributed by atoms with Crippen molar-refractivity contribution in [3.8, 4) is 0 Å². The first-order chi connectivity index (χ1) is 24.5. The highest BCUT2D eigenvalue weighted by Crippen LogP contribution is 2.19. The number of nitrogens with two attached hydrogens (primary N) is 1. The van der Waals surface area contributed by atoms with Crippen molar-refractivity contribution in [2.24, 2.45) is 22.7 Å². The largest absolute Gasteiger partial charge is 0.460 e. The number of amides is 5. The zero-order valence-electron chi connectivity index (χ0n) is 30.7. The third-order valence-electron chi connectivity index (χ3n) is 7.60. The highest BCUT2D eigenvalue weighted by molar-refractivity contribution is 7.85. The van der Waals surface area contributed by atoms with Crippen LogP contribution >= 0.6 is 0 Å². The molecular weight excluding hydrogens is 714 g/mol. The Hall–Kier alpha value is -5.04. The molecule has 5 amide bonds. The Morgan fingerprint density at radius 2 is 1.51 bits per heavy atom. The smallest absolute Gasteiger partial charge is 0.308 e. The van der Waals surface area contributed by atoms with Crippen LogP contribution in [0.5, 0.6) is 0 Å². The van der Waals surface area contributed by atoms with E-state index >= 15 is 0 Å². The van der Waals surface area contributed by atoms with E-state index in [2.05, 4.69) is 36.3 Å². The van der Waals surface area contributed by atoms with Crippen molar-refractivity contribution in [2.45, 2.75) is 104 Å². The van der Waals surface area contributed by atoms with Crippen LogP contribution in [0.3, 0.4) is 0 Å². The van der Waals surface area contributed by atoms with E-state index in [-0.39, 0.29) is 18.8 Å². The van der Waals surface area contributed by atoms with Gasteiger partial charge in [-0.05, 0) is 67.7 Å². The minimum atomic E-state index is -4.97. The lowest BCUT2D eigenvalue weighted by Gasteiger charge is -2.28. The van der Waals surface area contributed by atoms with E-state index in [4.69, 9.17) is 16.0 Å². The number of carbonyl (C=O) groups is 6. The van der Waals surface area contributed by atoms with Gasteiger partial charge in [0.15, 0.2) is 0 Å². The van der Waals surface area contributed by atoms with Gasteiger partial charge in [0, 0.05) is 22.0 Å². The predicted octanol–water partition coefficient (Wildman–Crippen LogP) is 1.14. The van der Waals surface area contributed by atoms with Crippen LogP contribution in [0.4, 0.5) is 0 Å². The maximum atomic E-state index is 13.6. The van der Waals surface area contributed by atoms with E-state index in [9.17, 15) is 41.7 Å². The molecule has 0 aliphatic carbocycles. The fraction of sp³-hybridized carbons (Fsp3) is 0.576. The molecule has 0 saturated heterocycles. The number of nitrogens with zero attached hydrogens (tertiary/aromatic N) is 3. The van der Waals surface area contributed by atoms with Crippen molar-refractivity contribution in [3.05, 3.63) is 46.5 Å². The summed E-state index contributed by atoms with van der Waals surface area (Å²) in [5, 5.41) is 13.1. The molecule has 8 N–H and O–H groups in total. The van der Waals surface area contributed by atoms with Crippen LogP contribution in [0, 0.1) is 11.8 Å². The van der Waals surface area contributed by atoms with Crippen LogP contribution in [0.25, 0.3) is 21.3 Å². The van der Waals surface area contributed by atoms with Gasteiger partial charge in [0.2, 0.25) is 29.5 Å². The first kappa shape index (κ1) is 44.1. The van der Waals surface area contributed by atoms with Gasteiger partial charge in [0.1, 0.15) is 29.5 Å². The first-order valence-electron chi connectivity index (χ1n) is 16.8. The van der Waals surface area contributed by atoms with Crippen molar-refractivity contribution in [2.75, 3.05) is 5.75 Å². The second-order valence-corrected chi connectivity index (χ2v) is 15.8. The summed E-state index contributed by atoms with van der Waals surface area (Å²) in [4.78, 5) is 84.4. The van der Waals surface area contributed by atoms with Gasteiger partial charge in [-0.3, -0.25) is 33.3 Å². The number of ether oxygens (including phenoxy) is 1. The number of H-pyrrole nitrogens is 1. The van der Waals surface area contributed by atoms with Gasteiger partial charge in [-0.25, -0.2) is 0 Å². The summed E-state index contributed by atoms with van der Waals surface area (Å²) in [7, 11) is -4.97. The van der Waals surface area contributed by atoms with E-state index in [0.29, 0.717) is 5.56 Å². The highest BCUT2D eigenvalue weighted by atomic mass is 32.2. The summed E-state index contributed by atoms with van der Waals surface area (Å²) in [6.07, 6.45) is 1.02. The summed E-state index contributed by atoms with van der Waals surface area (Å²) in [5.74, 6) is -8.28. The zero-order valence-corrected chi connectivity index (χ0v) is 31.5. The van der Waals surface area contributed by atoms with Crippen LogP contribution in [0.1, 0.15) is 66.9 Å². The molecule has 53 heavy (non-hydrogen) atoms. The summed E-state index contributed by atoms with van der Waals surface area (Å²) < 4.78 is 38.9. The third kappa shape index (κ3) is 14.8. The molecule has 1 heterocycles. The van der Waals surface area contributed by atoms with Crippen LogP contribution in [-0.4, -0.2) is 95.0 Å². The maximum absolute atomic E-state index is 13.6. The van der Waals surface area contributed by atoms with E-state index < -0.39 is 99.5 Å². The summed E-state index contributed by atoms with van der Waals surface area (Å²) >= 11 is 0. The Labute approximate surface area is 307 Å². The van der Waals surface area contributed by atoms with Crippen molar-refractivity contribution < 1.29 is 46.5 Å². The summed E-state index contributed by atoms with van der Waals surface area (Å²) in [6.45, 7) is 11.3. The van der Waals surface area contributed by atoms with Crippen LogP contribution in [-0.2, 0) is 50.0 Å². The topological polar surface area (TPSA) is 305 Å². The lowest BCUT2D eigenvalue weighted by atomic mass is 9.99. The number of hydrogen-bond donors (Lipinski definition) is 7. The number of azide groups is 1. The fourth-order valence-electron chi connectivity index (χ4n) is 5.19. The van der Waals surface area contributed by atoms with Crippen LogP contribution in [0.15, 0.2) is 35.6 Å². The number of rotatable bonds is 18. The Balaban J connectivity index is 2.35. The fourth-order valence-corrected chi connectivity index (χ4v) is 5.85. The molecule has 292 valence electrons. The average Bonchev–Trinajstić information content (AvgIpc) is 3.43. The SMILES string of the molecule is CC(C)C[C@H](NC(=O)[C@H](NC(=O)[C@H](CS(=O)(=O)O)NC(=O)[C@@H](CC(=O)OC(C)(C)C)NC(=O)[C@H](N)Cc1c[nH]c2ccccc12)C(C)C)C(=O)N=[N+]=[N-]. The minimum Gasteiger partial charge on any atom is -0.460 e. The van der Waals surface area contributed by atoms with Gasteiger partial charge in [0.25, 0.3) is 10.1 Å². The van der Waals surface area contributed by atoms with E-state index in [1.807, 2.05) is 18.2 Å². The lowest BCUT2D eigenvalue weighted by Crippen LogP contribution is -2.61. The molecule has 20 heteroatoms. The quantitative estimate of drug-likeness (QED) is 0.0371. The van der Waals surface area contributed by atoms with Gasteiger partial charge >= 0.3 is 5.97 Å². The van der Waals surface area contributed by atoms with Gasteiger partial charge in [-0.1, -0.05) is 45.9 Å². The molecule has 0 saturated carbocycles. The van der Waals surface area contributed by atoms with Gasteiger partial charge in [-0.2, -0.15) is 8.42 Å². The monoisotopic (exact) mass is 763 g/mol. The Morgan fingerprint density at radius 1 is 0.925 bits per heavy atom. The van der Waals surface area contributed by atoms with Crippen molar-refractivity contribution in [1.29, 1.82) is 0 Å². The van der Waals surface area contributed by atoms with Crippen LogP contribution < -0.4 is 27.0 Å². The number of carbonyl (C=O) groups excluding carboxylic acids is 6. The van der Waals surface area contributed by atoms with E-state index in [1.165, 1.54) is 13.8 Å². The van der Waals surface area contributed by atoms with Gasteiger partial charge < -0.3 is 36.7 Å². The summed E-state index contributed by atoms with van der Waals surface area (Å²) in [6, 6.07) is -0.406. The Kier molecular flexibility index (Phi) is 15.9. The molecule has 0 aliphatic heterocycles. The molecule has 1 aromatic carbocycles. The molecule has 0 bridgehead atoms. The highest BCUT2D eigenvalue weighted by Gasteiger charge is 2.36. The second kappa shape index (κ2) is 19.2. The molecule has 0 unspecified atom stereocenters. The van der Waals surface area contributed by atoms with Crippen molar-refractivity contribution >= 4 is 56.5 Å². The molecular formula is C33H49N9O10S. The second-order valence-electron chi connectivity index (χ2n) is 14.3. The van der Waals surface area contributed by atoms with E-state index in [1.54, 1.807) is 46.9 Å². The standard InChI is InChI=1S/C33H49N9O10S/c1-17(2)12-23(31(47)41-42-35)38-32(48)27(18(3)4)40-30(46)25(16-53(49,50)51)39-29(45)24(14-26(43)52-33(5,6)7)37-28(44)21(34)13-19-15-36-22-11-9-8-10-20(19)22/h8-11,15,17-18,21,23-25,27,36H,12-14,16,34H2,1-7H3,(H,37,44)(H,38,48)(H,39,45)(H,40,46)(H,49,50,51)/t21-,23+,24-,25+,27-/m1/s1. The molecule has 0 aliphatic rings. The maximum Gasteiger partial charge on any atom is 0.308 e. The van der Waals surface area contributed by atoms with Crippen molar-refractivity contribution in [1.82, 2.24) is 26.3 Å². The van der Waals surface area contributed by atoms with E-state index in [0.717, 1.165) is 10.9 Å². The number of para-hydroxylation sites is 1. The summed E-state index contributed by atoms with van der Waals surface area (Å²) in [5.41, 5.74) is 15.4. The molecule has 0 fully saturated rings. The molecule has 0 radical (unpaired) electrons. The zero-order chi connectivity index (χ0) is 40.3. The minimum absolute atomic E-state index is 0.0234. The number of benzene rings is 1. The number of nitrogens with one attached hydrogen (secondary N) is 5. The van der Waals surface area contributed by atoms with Crippen molar-refractivity contribution in [3.63, 3.8) is 0 Å². The number of aromatic nitrogens is 1. The molecule has 5 atom stereocenters. The Bertz CT molecular complexity index is 1810. The Morgan fingerprint density at radius 3 is 2.08 bits per heavy atom. The van der Waals surface area contributed by atoms with Gasteiger partial charge in [-0.15, -0.1) is 0 Å². The number of esters is 1. The first-order valence-corrected chi connectivity index (χ1v) is 18.4. The molecule has 0 spiro atoms.